The maximum absolute atomic E-state index is 12.5. The molecule has 0 N–H and O–H groups in total. The highest BCUT2D eigenvalue weighted by molar-refractivity contribution is 5.87. The van der Waals surface area contributed by atoms with Crippen LogP contribution >= 0.6 is 0 Å². The molecule has 3 aliphatic rings. The Morgan fingerprint density at radius 3 is 2.82 bits per heavy atom. The smallest absolute Gasteiger partial charge is 0.318 e. The molecule has 2 saturated heterocycles. The van der Waals surface area contributed by atoms with Gasteiger partial charge in [0.15, 0.2) is 0 Å². The number of nitriles is 1. The molecule has 0 unspecified atom stereocenters. The minimum absolute atomic E-state index is 0.149. The van der Waals surface area contributed by atoms with Crippen LogP contribution in [0.1, 0.15) is 29.7 Å². The van der Waals surface area contributed by atoms with Gasteiger partial charge in [-0.15, -0.1) is 0 Å². The van der Waals surface area contributed by atoms with Crippen molar-refractivity contribution in [1.82, 2.24) is 19.8 Å². The van der Waals surface area contributed by atoms with Crippen LogP contribution in [0.4, 0.5) is 11.5 Å². The molecule has 0 saturated carbocycles. The first kappa shape index (κ1) is 26.5. The lowest BCUT2D eigenvalue weighted by Gasteiger charge is -2.41. The lowest BCUT2D eigenvalue weighted by molar-refractivity contribution is -0.128. The van der Waals surface area contributed by atoms with E-state index >= 15 is 0 Å². The summed E-state index contributed by atoms with van der Waals surface area (Å²) in [5.74, 6) is 0.674. The monoisotopic (exact) mass is 526 g/mol. The number of fused-ring (bicyclic) bond motifs is 1. The topological polar surface area (TPSA) is 93.2 Å². The molecule has 10 heteroatoms. The van der Waals surface area contributed by atoms with E-state index in [1.165, 1.54) is 6.08 Å². The summed E-state index contributed by atoms with van der Waals surface area (Å²) in [5.41, 5.74) is 3.49. The quantitative estimate of drug-likeness (QED) is 0.401. The van der Waals surface area contributed by atoms with E-state index in [4.69, 9.17) is 21.3 Å². The van der Waals surface area contributed by atoms with Crippen molar-refractivity contribution in [2.75, 3.05) is 62.7 Å². The maximum atomic E-state index is 12.5. The van der Waals surface area contributed by atoms with E-state index in [0.717, 1.165) is 55.1 Å². The second-order valence-electron chi connectivity index (χ2n) is 10.3. The van der Waals surface area contributed by atoms with Crippen molar-refractivity contribution >= 4 is 17.4 Å². The van der Waals surface area contributed by atoms with Crippen molar-refractivity contribution in [3.8, 4) is 12.1 Å². The van der Waals surface area contributed by atoms with Crippen LogP contribution < -0.4 is 14.5 Å². The van der Waals surface area contributed by atoms with Gasteiger partial charge in [-0.05, 0) is 51.1 Å². The average Bonchev–Trinajstić information content (AvgIpc) is 3.39. The van der Waals surface area contributed by atoms with Crippen LogP contribution in [0, 0.1) is 17.9 Å². The van der Waals surface area contributed by atoms with Crippen molar-refractivity contribution in [3.05, 3.63) is 65.2 Å². The molecule has 1 aromatic carbocycles. The molecule has 10 nitrogen and oxygen atoms in total. The fraction of sp³-hybridized carbons (Fsp3) is 0.483. The van der Waals surface area contributed by atoms with Crippen LogP contribution in [0.2, 0.25) is 0 Å². The molecule has 0 spiro atoms. The van der Waals surface area contributed by atoms with E-state index < -0.39 is 0 Å². The summed E-state index contributed by atoms with van der Waals surface area (Å²) < 4.78 is 6.21. The van der Waals surface area contributed by atoms with E-state index in [9.17, 15) is 10.1 Å². The minimum Gasteiger partial charge on any atom is -0.462 e. The Kier molecular flexibility index (Phi) is 7.94. The first-order chi connectivity index (χ1) is 19.0. The predicted octanol–water partition coefficient (Wildman–Crippen LogP) is 2.51. The summed E-state index contributed by atoms with van der Waals surface area (Å²) in [7, 11) is 2.12. The standard InChI is InChI=1S/C29H34N8O2/c1-4-27(38)37-15-14-36(18-23(37)17-31-2)28-24-11-13-35(26-10-6-5-8-21(26)16-30)19-25(24)32-29(33-28)39-20-22-9-7-12-34(22)3/h4-6,8,10,22-23H,1,7,9,11-15,17-20H2,3H3/t22-,23-/m0/s1. The van der Waals surface area contributed by atoms with Gasteiger partial charge in [0.2, 0.25) is 12.5 Å². The fourth-order valence-electron chi connectivity index (χ4n) is 5.84. The molecule has 2 aromatic rings. The van der Waals surface area contributed by atoms with E-state index in [1.807, 2.05) is 24.3 Å². The fourth-order valence-corrected chi connectivity index (χ4v) is 5.84. The van der Waals surface area contributed by atoms with E-state index in [0.29, 0.717) is 50.4 Å². The molecule has 5 rings (SSSR count). The molecule has 2 fully saturated rings. The highest BCUT2D eigenvalue weighted by atomic mass is 16.5. The van der Waals surface area contributed by atoms with Crippen LogP contribution in [0.15, 0.2) is 36.9 Å². The average molecular weight is 527 g/mol. The van der Waals surface area contributed by atoms with E-state index in [2.05, 4.69) is 39.2 Å². The first-order valence-electron chi connectivity index (χ1n) is 13.5. The van der Waals surface area contributed by atoms with E-state index in [1.54, 1.807) is 4.90 Å². The Balaban J connectivity index is 1.46. The Morgan fingerprint density at radius 1 is 1.23 bits per heavy atom. The van der Waals surface area contributed by atoms with Crippen LogP contribution in [-0.2, 0) is 17.8 Å². The van der Waals surface area contributed by atoms with Gasteiger partial charge >= 0.3 is 6.01 Å². The van der Waals surface area contributed by atoms with Gasteiger partial charge < -0.3 is 29.2 Å². The predicted molar refractivity (Wildman–Crippen MR) is 148 cm³/mol. The van der Waals surface area contributed by atoms with Crippen molar-refractivity contribution in [1.29, 1.82) is 5.26 Å². The number of carbonyl (C=O) groups excluding carboxylic acids is 1. The molecule has 4 heterocycles. The number of hydrogen-bond acceptors (Lipinski definition) is 8. The summed E-state index contributed by atoms with van der Waals surface area (Å²) in [4.78, 5) is 34.2. The zero-order chi connectivity index (χ0) is 27.4. The number of benzene rings is 1. The van der Waals surface area contributed by atoms with Gasteiger partial charge in [0.05, 0.1) is 23.5 Å². The number of rotatable bonds is 7. The maximum Gasteiger partial charge on any atom is 0.318 e. The van der Waals surface area contributed by atoms with Crippen LogP contribution in [0.25, 0.3) is 4.85 Å². The van der Waals surface area contributed by atoms with E-state index in [-0.39, 0.29) is 18.5 Å². The van der Waals surface area contributed by atoms with Crippen molar-refractivity contribution in [2.24, 2.45) is 0 Å². The number of aromatic nitrogens is 2. The van der Waals surface area contributed by atoms with Crippen LogP contribution in [-0.4, -0.2) is 90.7 Å². The van der Waals surface area contributed by atoms with Gasteiger partial charge in [-0.2, -0.15) is 15.2 Å². The number of likely N-dealkylation sites (tertiary alicyclic amines) is 1. The number of likely N-dealkylation sites (N-methyl/N-ethyl adjacent to an activating group) is 1. The molecule has 39 heavy (non-hydrogen) atoms. The SMILES string of the molecule is [C-]#[N+]C[C@H]1CN(c2nc(OC[C@@H]3CCCN3C)nc3c2CCN(c2ccccc2C#N)C3)CCN1C(=O)C=C. The minimum atomic E-state index is -0.244. The zero-order valence-electron chi connectivity index (χ0n) is 22.4. The Bertz CT molecular complexity index is 1320. The van der Waals surface area contributed by atoms with Crippen molar-refractivity contribution in [2.45, 2.75) is 37.9 Å². The number of ether oxygens (including phenoxy) is 1. The number of piperazine rings is 1. The number of carbonyl (C=O) groups is 1. The summed E-state index contributed by atoms with van der Waals surface area (Å²) in [6, 6.07) is 10.4. The molecule has 1 aromatic heterocycles. The third-order valence-electron chi connectivity index (χ3n) is 8.01. The number of nitrogens with zero attached hydrogens (tertiary/aromatic N) is 8. The third-order valence-corrected chi connectivity index (χ3v) is 8.01. The van der Waals surface area contributed by atoms with Crippen LogP contribution in [0.5, 0.6) is 6.01 Å². The largest absolute Gasteiger partial charge is 0.462 e. The molecule has 3 aliphatic heterocycles. The van der Waals surface area contributed by atoms with Gasteiger partial charge in [-0.1, -0.05) is 18.7 Å². The van der Waals surface area contributed by atoms with Gasteiger partial charge in [0.1, 0.15) is 24.5 Å². The van der Waals surface area contributed by atoms with Crippen molar-refractivity contribution in [3.63, 3.8) is 0 Å². The Hall–Kier alpha value is -4.15. The summed E-state index contributed by atoms with van der Waals surface area (Å²) >= 11 is 0. The molecule has 0 aliphatic carbocycles. The normalized spacial score (nSPS) is 21.2. The number of hydrogen-bond donors (Lipinski definition) is 0. The second kappa shape index (κ2) is 11.7. The molecular formula is C29H34N8O2. The van der Waals surface area contributed by atoms with Crippen LogP contribution in [0.3, 0.4) is 0 Å². The lowest BCUT2D eigenvalue weighted by atomic mass is 10.0. The summed E-state index contributed by atoms with van der Waals surface area (Å²) in [6.07, 6.45) is 4.28. The molecule has 1 amide bonds. The zero-order valence-corrected chi connectivity index (χ0v) is 22.4. The second-order valence-corrected chi connectivity index (χ2v) is 10.3. The number of para-hydroxylation sites is 1. The molecule has 202 valence electrons. The number of anilines is 2. The van der Waals surface area contributed by atoms with Gasteiger partial charge in [-0.3, -0.25) is 4.79 Å². The Morgan fingerprint density at radius 2 is 2.08 bits per heavy atom. The third kappa shape index (κ3) is 5.52. The summed E-state index contributed by atoms with van der Waals surface area (Å²) in [5, 5.41) is 9.66. The van der Waals surface area contributed by atoms with Gasteiger partial charge in [-0.25, -0.2) is 6.57 Å². The lowest BCUT2D eigenvalue weighted by Crippen LogP contribution is -2.56. The summed E-state index contributed by atoms with van der Waals surface area (Å²) in [6.45, 7) is 15.8. The highest BCUT2D eigenvalue weighted by Gasteiger charge is 2.35. The Labute approximate surface area is 229 Å². The van der Waals surface area contributed by atoms with Crippen molar-refractivity contribution < 1.29 is 9.53 Å². The van der Waals surface area contributed by atoms with Gasteiger partial charge in [0.25, 0.3) is 0 Å². The molecule has 0 bridgehead atoms. The molecule has 0 radical (unpaired) electrons. The van der Waals surface area contributed by atoms with Gasteiger partial charge in [0, 0.05) is 37.8 Å². The first-order valence-corrected chi connectivity index (χ1v) is 13.5. The molecule has 2 atom stereocenters. The molecular weight excluding hydrogens is 492 g/mol. The number of amides is 1. The highest BCUT2D eigenvalue weighted by Crippen LogP contribution is 2.33.